The lowest BCUT2D eigenvalue weighted by Gasteiger charge is -2.29. The highest BCUT2D eigenvalue weighted by atomic mass is 32.2. The minimum absolute atomic E-state index is 0.0566. The summed E-state index contributed by atoms with van der Waals surface area (Å²) < 4.78 is 6.47. The van der Waals surface area contributed by atoms with E-state index in [0.717, 1.165) is 60.2 Å². The second-order valence-electron chi connectivity index (χ2n) is 16.5. The maximum atomic E-state index is 14.1. The number of carbonyl (C=O) groups excluding carboxylic acids is 2. The summed E-state index contributed by atoms with van der Waals surface area (Å²) in [7, 11) is 0. The summed E-state index contributed by atoms with van der Waals surface area (Å²) in [6.45, 7) is 13.9. The number of aromatic nitrogens is 1. The Morgan fingerprint density at radius 2 is 1.27 bits per heavy atom. The largest absolute Gasteiger partial charge is 0.493 e. The monoisotopic (exact) mass is 767 g/mol. The zero-order valence-corrected chi connectivity index (χ0v) is 34.8. The Labute approximate surface area is 336 Å². The zero-order chi connectivity index (χ0) is 38.7. The molecule has 7 rings (SSSR count). The summed E-state index contributed by atoms with van der Waals surface area (Å²) in [5.41, 5.74) is 7.36. The standard InChI is InChI=1S/C49H53NO3S2/c1-7-8-9-12-33-17-19-34(20-18-33)30-53-48-31(2)27-35(28-32(48)3)41-26-25-38(29-50-41)55-43-16-11-14-40-45(43)47(52)39-13-10-15-42(44(39)46(40)51)54-37-23-21-36(22-24-37)49(4,5)6/h10-11,13-16,21-29,33-34H,7-9,12,17-20,30H2,1-6H3. The lowest BCUT2D eigenvalue weighted by atomic mass is 9.80. The Balaban J connectivity index is 1.03. The molecular weight excluding hydrogens is 715 g/mol. The number of fused-ring (bicyclic) bond motifs is 2. The summed E-state index contributed by atoms with van der Waals surface area (Å²) >= 11 is 3.00. The van der Waals surface area contributed by atoms with Gasteiger partial charge in [0.25, 0.3) is 0 Å². The number of carbonyl (C=O) groups is 2. The van der Waals surface area contributed by atoms with Crippen molar-refractivity contribution in [1.82, 2.24) is 4.98 Å². The van der Waals surface area contributed by atoms with E-state index < -0.39 is 0 Å². The van der Waals surface area contributed by atoms with Gasteiger partial charge in [-0.2, -0.15) is 0 Å². The molecule has 0 atom stereocenters. The quantitative estimate of drug-likeness (QED) is 0.116. The third kappa shape index (κ3) is 8.81. The van der Waals surface area contributed by atoms with Gasteiger partial charge in [-0.25, -0.2) is 0 Å². The minimum atomic E-state index is -0.119. The highest BCUT2D eigenvalue weighted by molar-refractivity contribution is 7.99. The maximum absolute atomic E-state index is 14.1. The second kappa shape index (κ2) is 16.9. The molecule has 1 fully saturated rings. The molecule has 5 aromatic rings. The van der Waals surface area contributed by atoms with Crippen molar-refractivity contribution in [2.24, 2.45) is 11.8 Å². The van der Waals surface area contributed by atoms with Gasteiger partial charge in [-0.05, 0) is 109 Å². The van der Waals surface area contributed by atoms with Crippen molar-refractivity contribution in [1.29, 1.82) is 0 Å². The first kappa shape index (κ1) is 39.1. The van der Waals surface area contributed by atoms with Crippen LogP contribution in [0.4, 0.5) is 0 Å². The van der Waals surface area contributed by atoms with Gasteiger partial charge in [-0.3, -0.25) is 14.6 Å². The Bertz CT molecular complexity index is 2150. The Hall–Kier alpha value is -4.13. The molecule has 0 unspecified atom stereocenters. The zero-order valence-electron chi connectivity index (χ0n) is 33.2. The lowest BCUT2D eigenvalue weighted by Crippen LogP contribution is -2.22. The summed E-state index contributed by atoms with van der Waals surface area (Å²) in [4.78, 5) is 36.6. The first-order chi connectivity index (χ1) is 26.5. The molecule has 0 N–H and O–H groups in total. The van der Waals surface area contributed by atoms with Gasteiger partial charge in [0.1, 0.15) is 5.75 Å². The van der Waals surface area contributed by atoms with E-state index in [1.807, 2.05) is 42.6 Å². The van der Waals surface area contributed by atoms with Crippen LogP contribution in [-0.4, -0.2) is 23.2 Å². The number of aryl methyl sites for hydroxylation is 2. The van der Waals surface area contributed by atoms with E-state index in [9.17, 15) is 9.59 Å². The third-order valence-electron chi connectivity index (χ3n) is 11.3. The Morgan fingerprint density at radius 1 is 0.709 bits per heavy atom. The van der Waals surface area contributed by atoms with Crippen molar-refractivity contribution in [2.45, 2.75) is 118 Å². The molecule has 0 radical (unpaired) electrons. The molecule has 2 aliphatic rings. The number of pyridine rings is 1. The van der Waals surface area contributed by atoms with E-state index in [1.165, 1.54) is 80.5 Å². The molecule has 1 heterocycles. The van der Waals surface area contributed by atoms with Gasteiger partial charge in [0.2, 0.25) is 0 Å². The van der Waals surface area contributed by atoms with Crippen LogP contribution in [0.1, 0.15) is 128 Å². The van der Waals surface area contributed by atoms with Gasteiger partial charge < -0.3 is 4.74 Å². The summed E-state index contributed by atoms with van der Waals surface area (Å²) in [6.07, 6.45) is 12.5. The van der Waals surface area contributed by atoms with E-state index in [2.05, 4.69) is 77.9 Å². The smallest absolute Gasteiger partial charge is 0.195 e. The van der Waals surface area contributed by atoms with Crippen molar-refractivity contribution in [2.75, 3.05) is 6.61 Å². The first-order valence-electron chi connectivity index (χ1n) is 20.0. The average Bonchev–Trinajstić information content (AvgIpc) is 3.17. The second-order valence-corrected chi connectivity index (χ2v) is 18.7. The van der Waals surface area contributed by atoms with Crippen LogP contribution in [0.5, 0.6) is 5.75 Å². The number of hydrogen-bond acceptors (Lipinski definition) is 6. The van der Waals surface area contributed by atoms with Gasteiger partial charge in [-0.15, -0.1) is 0 Å². The SMILES string of the molecule is CCCCCC1CCC(COc2c(C)cc(-c3ccc(Sc4cccc5c4C(=O)c4cccc(Sc6ccc(C(C)(C)C)cc6)c4C5=O)cn3)cc2C)CC1. The van der Waals surface area contributed by atoms with Crippen molar-refractivity contribution in [3.8, 4) is 17.0 Å². The molecule has 1 aromatic heterocycles. The van der Waals surface area contributed by atoms with E-state index in [4.69, 9.17) is 9.72 Å². The molecule has 2 aliphatic carbocycles. The number of rotatable bonds is 12. The molecule has 0 bridgehead atoms. The average molecular weight is 768 g/mol. The predicted octanol–water partition coefficient (Wildman–Crippen LogP) is 13.5. The van der Waals surface area contributed by atoms with Gasteiger partial charge in [0.15, 0.2) is 11.6 Å². The molecule has 0 amide bonds. The summed E-state index contributed by atoms with van der Waals surface area (Å²) in [5, 5.41) is 0. The van der Waals surface area contributed by atoms with Crippen LogP contribution in [0.15, 0.2) is 111 Å². The van der Waals surface area contributed by atoms with Crippen LogP contribution in [-0.2, 0) is 5.41 Å². The van der Waals surface area contributed by atoms with Crippen LogP contribution in [0.2, 0.25) is 0 Å². The highest BCUT2D eigenvalue weighted by Crippen LogP contribution is 2.42. The van der Waals surface area contributed by atoms with Gasteiger partial charge >= 0.3 is 0 Å². The molecule has 4 nitrogen and oxygen atoms in total. The fraction of sp³-hybridized carbons (Fsp3) is 0.367. The highest BCUT2D eigenvalue weighted by Gasteiger charge is 2.34. The first-order valence-corrected chi connectivity index (χ1v) is 21.7. The maximum Gasteiger partial charge on any atom is 0.195 e. The molecule has 1 saturated carbocycles. The number of ketones is 2. The van der Waals surface area contributed by atoms with Crippen molar-refractivity contribution in [3.05, 3.63) is 130 Å². The lowest BCUT2D eigenvalue weighted by molar-refractivity contribution is 0.0974. The van der Waals surface area contributed by atoms with E-state index in [0.29, 0.717) is 28.2 Å². The molecule has 0 saturated heterocycles. The molecule has 0 aliphatic heterocycles. The topological polar surface area (TPSA) is 56.3 Å². The summed E-state index contributed by atoms with van der Waals surface area (Å²) in [5.74, 6) is 2.32. The molecule has 55 heavy (non-hydrogen) atoms. The fourth-order valence-corrected chi connectivity index (χ4v) is 10.1. The molecule has 0 spiro atoms. The number of hydrogen-bond donors (Lipinski definition) is 0. The van der Waals surface area contributed by atoms with Gasteiger partial charge in [0, 0.05) is 53.6 Å². The molecule has 284 valence electrons. The van der Waals surface area contributed by atoms with E-state index in [-0.39, 0.29) is 17.0 Å². The Kier molecular flexibility index (Phi) is 12.0. The van der Waals surface area contributed by atoms with E-state index >= 15 is 0 Å². The van der Waals surface area contributed by atoms with E-state index in [1.54, 1.807) is 12.1 Å². The number of benzene rings is 4. The fourth-order valence-electron chi connectivity index (χ4n) is 8.13. The molecule has 4 aromatic carbocycles. The minimum Gasteiger partial charge on any atom is -0.493 e. The number of ether oxygens (including phenoxy) is 1. The third-order valence-corrected chi connectivity index (χ3v) is 13.4. The predicted molar refractivity (Wildman–Crippen MR) is 227 cm³/mol. The van der Waals surface area contributed by atoms with Crippen molar-refractivity contribution >= 4 is 35.1 Å². The van der Waals surface area contributed by atoms with Gasteiger partial charge in [0.05, 0.1) is 12.3 Å². The van der Waals surface area contributed by atoms with Crippen molar-refractivity contribution < 1.29 is 14.3 Å². The number of nitrogens with zero attached hydrogens (tertiary/aromatic N) is 1. The van der Waals surface area contributed by atoms with Crippen LogP contribution < -0.4 is 4.74 Å². The van der Waals surface area contributed by atoms with Gasteiger partial charge in [-0.1, -0.05) is 126 Å². The van der Waals surface area contributed by atoms with Crippen molar-refractivity contribution in [3.63, 3.8) is 0 Å². The number of unbranched alkanes of at least 4 members (excludes halogenated alkanes) is 2. The van der Waals surface area contributed by atoms with Crippen LogP contribution >= 0.6 is 23.5 Å². The summed E-state index contributed by atoms with van der Waals surface area (Å²) in [6, 6.07) is 28.1. The van der Waals surface area contributed by atoms with Crippen LogP contribution in [0.25, 0.3) is 11.3 Å². The normalized spacial score (nSPS) is 16.8. The molecule has 6 heteroatoms. The molecular formula is C49H53NO3S2. The van der Waals surface area contributed by atoms with Crippen LogP contribution in [0, 0.1) is 25.7 Å². The van der Waals surface area contributed by atoms with Crippen LogP contribution in [0.3, 0.4) is 0 Å². The Morgan fingerprint density at radius 3 is 1.82 bits per heavy atom.